The number of hydrazine groups is 1. The van der Waals surface area contributed by atoms with Gasteiger partial charge in [0.05, 0.1) is 0 Å². The average Bonchev–Trinajstić information content (AvgIpc) is 2.19. The minimum atomic E-state index is -0.643. The number of ketones is 1. The molecule has 0 aromatic carbocycles. The van der Waals surface area contributed by atoms with Crippen molar-refractivity contribution in [3.05, 3.63) is 36.5 Å². The molecular formula is C8H8N3O2. The first-order valence-electron chi connectivity index (χ1n) is 3.54. The Balaban J connectivity index is 2.65. The Bertz CT molecular complexity index is 310. The highest BCUT2D eigenvalue weighted by Gasteiger charge is 2.11. The van der Waals surface area contributed by atoms with Crippen LogP contribution >= 0.6 is 0 Å². The summed E-state index contributed by atoms with van der Waals surface area (Å²) in [5.74, 6) is 3.68. The van der Waals surface area contributed by atoms with Crippen molar-refractivity contribution in [2.45, 2.75) is 0 Å². The summed E-state index contributed by atoms with van der Waals surface area (Å²) in [6.07, 6.45) is 2.32. The van der Waals surface area contributed by atoms with Crippen LogP contribution in [-0.2, 0) is 4.79 Å². The molecule has 1 aromatic heterocycles. The Morgan fingerprint density at radius 3 is 2.77 bits per heavy atom. The number of nitrogens with two attached hydrogens (primary N) is 1. The molecule has 1 radical (unpaired) electrons. The van der Waals surface area contributed by atoms with Gasteiger partial charge in [-0.05, 0) is 12.1 Å². The lowest BCUT2D eigenvalue weighted by Gasteiger charge is -1.97. The van der Waals surface area contributed by atoms with Crippen LogP contribution in [0.5, 0.6) is 0 Å². The fourth-order valence-electron chi connectivity index (χ4n) is 0.743. The summed E-state index contributed by atoms with van der Waals surface area (Å²) in [7, 11) is 0. The number of carbonyl (C=O) groups excluding carboxylic acids is 2. The van der Waals surface area contributed by atoms with Gasteiger partial charge < -0.3 is 0 Å². The van der Waals surface area contributed by atoms with Gasteiger partial charge in [-0.3, -0.25) is 20.0 Å². The second-order valence-electron chi connectivity index (χ2n) is 2.23. The molecule has 1 aromatic rings. The molecular weight excluding hydrogens is 170 g/mol. The fraction of sp³-hybridized carbons (Fsp3) is 0. The first kappa shape index (κ1) is 9.34. The average molecular weight is 178 g/mol. The lowest BCUT2D eigenvalue weighted by molar-refractivity contribution is -0.117. The summed E-state index contributed by atoms with van der Waals surface area (Å²) in [6.45, 7) is 0. The van der Waals surface area contributed by atoms with Crippen molar-refractivity contribution in [3.8, 4) is 0 Å². The van der Waals surface area contributed by atoms with E-state index in [1.54, 1.807) is 12.1 Å². The van der Waals surface area contributed by atoms with Crippen LogP contribution in [0.15, 0.2) is 24.4 Å². The van der Waals surface area contributed by atoms with E-state index in [9.17, 15) is 9.59 Å². The number of Topliss-reactive ketones (excluding diaryl/α,β-unsaturated/α-hetero) is 1. The van der Waals surface area contributed by atoms with E-state index in [1.807, 2.05) is 5.43 Å². The lowest BCUT2D eigenvalue weighted by atomic mass is 10.2. The summed E-state index contributed by atoms with van der Waals surface area (Å²) < 4.78 is 0. The summed E-state index contributed by atoms with van der Waals surface area (Å²) >= 11 is 0. The quantitative estimate of drug-likeness (QED) is 0.214. The molecule has 0 aliphatic carbocycles. The molecule has 0 bridgehead atoms. The Hall–Kier alpha value is -1.75. The second-order valence-corrected chi connectivity index (χ2v) is 2.23. The van der Waals surface area contributed by atoms with E-state index < -0.39 is 11.7 Å². The van der Waals surface area contributed by atoms with Crippen molar-refractivity contribution in [1.82, 2.24) is 10.4 Å². The van der Waals surface area contributed by atoms with Gasteiger partial charge in [0.2, 0.25) is 5.91 Å². The highest BCUT2D eigenvalue weighted by atomic mass is 16.2. The largest absolute Gasteiger partial charge is 0.294 e. The van der Waals surface area contributed by atoms with Gasteiger partial charge in [-0.25, -0.2) is 5.84 Å². The molecule has 0 aliphatic heterocycles. The molecule has 0 saturated carbocycles. The van der Waals surface area contributed by atoms with E-state index in [1.165, 1.54) is 12.3 Å². The smallest absolute Gasteiger partial charge is 0.246 e. The highest BCUT2D eigenvalue weighted by Crippen LogP contribution is 1.97. The Kier molecular flexibility index (Phi) is 3.10. The maximum absolute atomic E-state index is 11.2. The van der Waals surface area contributed by atoms with Gasteiger partial charge >= 0.3 is 0 Å². The van der Waals surface area contributed by atoms with E-state index in [0.29, 0.717) is 0 Å². The Labute approximate surface area is 74.9 Å². The second kappa shape index (κ2) is 4.32. The van der Waals surface area contributed by atoms with Crippen molar-refractivity contribution in [3.63, 3.8) is 0 Å². The number of rotatable bonds is 3. The van der Waals surface area contributed by atoms with Crippen molar-refractivity contribution >= 4 is 11.7 Å². The molecule has 3 N–H and O–H groups in total. The van der Waals surface area contributed by atoms with Crippen LogP contribution in [0, 0.1) is 6.42 Å². The number of carbonyl (C=O) groups is 2. The van der Waals surface area contributed by atoms with Crippen molar-refractivity contribution in [1.29, 1.82) is 0 Å². The molecule has 5 nitrogen and oxygen atoms in total. The third kappa shape index (κ3) is 2.64. The molecule has 1 amide bonds. The maximum atomic E-state index is 11.2. The first-order valence-corrected chi connectivity index (χ1v) is 3.54. The number of hydrogen-bond acceptors (Lipinski definition) is 4. The van der Waals surface area contributed by atoms with Gasteiger partial charge in [0, 0.05) is 6.20 Å². The lowest BCUT2D eigenvalue weighted by Crippen LogP contribution is -2.32. The minimum absolute atomic E-state index is 0.214. The van der Waals surface area contributed by atoms with Crippen LogP contribution in [0.1, 0.15) is 10.5 Å². The van der Waals surface area contributed by atoms with E-state index >= 15 is 0 Å². The van der Waals surface area contributed by atoms with Crippen LogP contribution in [0.3, 0.4) is 0 Å². The number of aromatic nitrogens is 1. The molecule has 0 aliphatic rings. The monoisotopic (exact) mass is 178 g/mol. The van der Waals surface area contributed by atoms with Gasteiger partial charge in [-0.2, -0.15) is 0 Å². The van der Waals surface area contributed by atoms with Gasteiger partial charge in [0.1, 0.15) is 12.1 Å². The predicted octanol–water partition coefficient (Wildman–Crippen LogP) is -0.542. The molecule has 1 heterocycles. The number of nitrogens with zero attached hydrogens (tertiary/aromatic N) is 1. The molecule has 13 heavy (non-hydrogen) atoms. The van der Waals surface area contributed by atoms with Crippen LogP contribution in [0.2, 0.25) is 0 Å². The maximum Gasteiger partial charge on any atom is 0.246 e. The summed E-state index contributed by atoms with van der Waals surface area (Å²) in [5, 5.41) is 0. The van der Waals surface area contributed by atoms with E-state index in [-0.39, 0.29) is 5.69 Å². The summed E-state index contributed by atoms with van der Waals surface area (Å²) in [4.78, 5) is 25.6. The summed E-state index contributed by atoms with van der Waals surface area (Å²) in [6, 6.07) is 4.86. The third-order valence-corrected chi connectivity index (χ3v) is 1.32. The standard InChI is InChI=1S/C8H8N3O2/c9-11-8(13)5-7(12)6-3-1-2-4-10-6/h1-5H,9H2,(H,11,13). The molecule has 67 valence electrons. The molecule has 0 fully saturated rings. The molecule has 5 heteroatoms. The normalized spacial score (nSPS) is 9.31. The van der Waals surface area contributed by atoms with Crippen molar-refractivity contribution < 1.29 is 9.59 Å². The zero-order valence-electron chi connectivity index (χ0n) is 6.73. The van der Waals surface area contributed by atoms with Crippen LogP contribution in [0.4, 0.5) is 0 Å². The zero-order chi connectivity index (χ0) is 9.68. The first-order chi connectivity index (χ1) is 6.24. The zero-order valence-corrected chi connectivity index (χ0v) is 6.73. The van der Waals surface area contributed by atoms with E-state index in [0.717, 1.165) is 6.42 Å². The number of amides is 1. The fourth-order valence-corrected chi connectivity index (χ4v) is 0.743. The van der Waals surface area contributed by atoms with Gasteiger partial charge in [-0.15, -0.1) is 0 Å². The van der Waals surface area contributed by atoms with E-state index in [2.05, 4.69) is 4.98 Å². The van der Waals surface area contributed by atoms with Crippen LogP contribution < -0.4 is 11.3 Å². The highest BCUT2D eigenvalue weighted by molar-refractivity contribution is 6.16. The molecule has 0 atom stereocenters. The van der Waals surface area contributed by atoms with E-state index in [4.69, 9.17) is 5.84 Å². The van der Waals surface area contributed by atoms with Crippen LogP contribution in [-0.4, -0.2) is 16.7 Å². The van der Waals surface area contributed by atoms with Crippen molar-refractivity contribution in [2.24, 2.45) is 5.84 Å². The Morgan fingerprint density at radius 2 is 2.23 bits per heavy atom. The topological polar surface area (TPSA) is 85.1 Å². The number of hydrogen-bond donors (Lipinski definition) is 2. The number of pyridine rings is 1. The third-order valence-electron chi connectivity index (χ3n) is 1.32. The molecule has 0 unspecified atom stereocenters. The van der Waals surface area contributed by atoms with Gasteiger partial charge in [0.15, 0.2) is 5.78 Å². The summed E-state index contributed by atoms with van der Waals surface area (Å²) in [5.41, 5.74) is 2.04. The Morgan fingerprint density at radius 1 is 1.46 bits per heavy atom. The van der Waals surface area contributed by atoms with Gasteiger partial charge in [-0.1, -0.05) is 6.07 Å². The molecule has 0 spiro atoms. The van der Waals surface area contributed by atoms with Crippen LogP contribution in [0.25, 0.3) is 0 Å². The van der Waals surface area contributed by atoms with Crippen molar-refractivity contribution in [2.75, 3.05) is 0 Å². The predicted molar refractivity (Wildman–Crippen MR) is 45.2 cm³/mol. The SMILES string of the molecule is NNC(=O)[CH]C(=O)c1ccccn1. The van der Waals surface area contributed by atoms with Gasteiger partial charge in [0.25, 0.3) is 0 Å². The minimum Gasteiger partial charge on any atom is -0.294 e. The molecule has 0 saturated heterocycles. The molecule has 1 rings (SSSR count). The number of nitrogens with one attached hydrogen (secondary N) is 1.